The molecule has 0 radical (unpaired) electrons. The Labute approximate surface area is 211 Å². The summed E-state index contributed by atoms with van der Waals surface area (Å²) in [4.78, 5) is 25.6. The molecule has 4 rings (SSSR count). The Hall–Kier alpha value is -3.63. The van der Waals surface area contributed by atoms with Crippen LogP contribution in [0.25, 0.3) is 6.08 Å². The normalized spacial score (nSPS) is 12.6. The summed E-state index contributed by atoms with van der Waals surface area (Å²) in [7, 11) is 0. The zero-order valence-corrected chi connectivity index (χ0v) is 20.6. The molecule has 3 aromatic rings. The lowest BCUT2D eigenvalue weighted by atomic mass is 10.1. The van der Waals surface area contributed by atoms with E-state index in [1.807, 2.05) is 0 Å². The number of phenolic OH excluding ortho intramolecular Hbond substituents is 1. The molecule has 0 fully saturated rings. The molecule has 2 amide bonds. The topological polar surface area (TPSA) is 109 Å². The van der Waals surface area contributed by atoms with E-state index in [1.54, 1.807) is 54.6 Å². The molecule has 0 saturated carbocycles. The Balaban J connectivity index is 1.57. The summed E-state index contributed by atoms with van der Waals surface area (Å²) < 4.78 is 11.9. The molecule has 1 aliphatic rings. The summed E-state index contributed by atoms with van der Waals surface area (Å²) in [5.74, 6) is 0.0719. The molecule has 1 heterocycles. The van der Waals surface area contributed by atoms with Crippen molar-refractivity contribution in [3.8, 4) is 17.2 Å². The lowest BCUT2D eigenvalue weighted by Crippen LogP contribution is -2.32. The van der Waals surface area contributed by atoms with Gasteiger partial charge >= 0.3 is 0 Å². The fourth-order valence-electron chi connectivity index (χ4n) is 2.99. The van der Waals surface area contributed by atoms with Crippen LogP contribution in [-0.2, 0) is 4.79 Å². The maximum atomic E-state index is 12.9. The number of hydrazone groups is 1. The number of benzene rings is 3. The van der Waals surface area contributed by atoms with E-state index in [0.29, 0.717) is 37.1 Å². The maximum Gasteiger partial charge on any atom is 0.287 e. The molecular weight excluding hydrogens is 570 g/mol. The molecular formula is C24H17Br2N3O5. The van der Waals surface area contributed by atoms with Crippen LogP contribution in [0.15, 0.2) is 80.4 Å². The van der Waals surface area contributed by atoms with Crippen molar-refractivity contribution in [3.05, 3.63) is 92.0 Å². The highest BCUT2D eigenvalue weighted by Crippen LogP contribution is 2.33. The number of carbonyl (C=O) groups excluding carboxylic acids is 2. The van der Waals surface area contributed by atoms with E-state index in [0.717, 1.165) is 0 Å². The van der Waals surface area contributed by atoms with E-state index in [4.69, 9.17) is 9.47 Å². The molecule has 0 bridgehead atoms. The highest BCUT2D eigenvalue weighted by Gasteiger charge is 2.17. The second-order valence-electron chi connectivity index (χ2n) is 7.02. The average molecular weight is 587 g/mol. The Morgan fingerprint density at radius 1 is 0.971 bits per heavy atom. The van der Waals surface area contributed by atoms with Crippen molar-refractivity contribution in [2.45, 2.75) is 0 Å². The van der Waals surface area contributed by atoms with Crippen LogP contribution in [0.2, 0.25) is 0 Å². The minimum absolute atomic E-state index is 0.0227. The van der Waals surface area contributed by atoms with Gasteiger partial charge in [-0.05, 0) is 64.0 Å². The fourth-order valence-corrected chi connectivity index (χ4v) is 4.08. The van der Waals surface area contributed by atoms with Crippen LogP contribution >= 0.6 is 31.9 Å². The van der Waals surface area contributed by atoms with Crippen LogP contribution < -0.4 is 20.2 Å². The Morgan fingerprint density at radius 3 is 2.53 bits per heavy atom. The van der Waals surface area contributed by atoms with Gasteiger partial charge in [-0.2, -0.15) is 5.10 Å². The van der Waals surface area contributed by atoms with Crippen molar-refractivity contribution < 1.29 is 24.2 Å². The van der Waals surface area contributed by atoms with Crippen molar-refractivity contribution in [2.24, 2.45) is 5.10 Å². The van der Waals surface area contributed by atoms with Gasteiger partial charge in [-0.25, -0.2) is 5.43 Å². The van der Waals surface area contributed by atoms with Crippen LogP contribution in [0, 0.1) is 0 Å². The Kier molecular flexibility index (Phi) is 7.29. The molecule has 34 heavy (non-hydrogen) atoms. The van der Waals surface area contributed by atoms with Gasteiger partial charge in [0.25, 0.3) is 11.8 Å². The summed E-state index contributed by atoms with van der Waals surface area (Å²) in [5.41, 5.74) is 3.92. The van der Waals surface area contributed by atoms with Crippen LogP contribution in [0.3, 0.4) is 0 Å². The third kappa shape index (κ3) is 5.64. The molecule has 10 heteroatoms. The van der Waals surface area contributed by atoms with Gasteiger partial charge in [0.2, 0.25) is 6.79 Å². The van der Waals surface area contributed by atoms with Gasteiger partial charge < -0.3 is 19.9 Å². The number of nitrogens with one attached hydrogen (secondary N) is 2. The molecule has 0 aromatic heterocycles. The standard InChI is InChI=1S/C24H17Br2N3O5/c25-17-11-18(26)20(30)10-16(17)12-27-29-24(32)19(28-23(31)15-4-2-1-3-5-15)8-14-6-7-21-22(9-14)34-13-33-21/h1-12,30H,13H2,(H,28,31)(H,29,32). The quantitative estimate of drug-likeness (QED) is 0.223. The largest absolute Gasteiger partial charge is 0.507 e. The Morgan fingerprint density at radius 2 is 1.74 bits per heavy atom. The molecule has 3 N–H and O–H groups in total. The second-order valence-corrected chi connectivity index (χ2v) is 8.72. The number of halogens is 2. The number of hydrogen-bond acceptors (Lipinski definition) is 6. The maximum absolute atomic E-state index is 12.9. The number of fused-ring (bicyclic) bond motifs is 1. The van der Waals surface area contributed by atoms with Gasteiger partial charge in [0.05, 0.1) is 10.7 Å². The number of amides is 2. The number of rotatable bonds is 6. The van der Waals surface area contributed by atoms with Gasteiger partial charge in [0.15, 0.2) is 11.5 Å². The average Bonchev–Trinajstić information content (AvgIpc) is 3.30. The van der Waals surface area contributed by atoms with Crippen LogP contribution in [-0.4, -0.2) is 29.9 Å². The smallest absolute Gasteiger partial charge is 0.287 e. The van der Waals surface area contributed by atoms with Gasteiger partial charge in [-0.3, -0.25) is 9.59 Å². The molecule has 0 aliphatic carbocycles. The minimum Gasteiger partial charge on any atom is -0.507 e. The lowest BCUT2D eigenvalue weighted by Gasteiger charge is -2.09. The van der Waals surface area contributed by atoms with Crippen molar-refractivity contribution in [3.63, 3.8) is 0 Å². The first-order valence-corrected chi connectivity index (χ1v) is 11.5. The number of hydrogen-bond donors (Lipinski definition) is 3. The van der Waals surface area contributed by atoms with Crippen molar-refractivity contribution in [1.82, 2.24) is 10.7 Å². The molecule has 3 aromatic carbocycles. The summed E-state index contributed by atoms with van der Waals surface area (Å²) >= 11 is 6.59. The number of carbonyl (C=O) groups is 2. The van der Waals surface area contributed by atoms with E-state index in [1.165, 1.54) is 18.4 Å². The molecule has 172 valence electrons. The molecule has 1 aliphatic heterocycles. The molecule has 0 atom stereocenters. The SMILES string of the molecule is O=C(NN=Cc1cc(O)c(Br)cc1Br)C(=Cc1ccc2c(c1)OCO2)NC(=O)c1ccccc1. The molecule has 0 saturated heterocycles. The van der Waals surface area contributed by atoms with Gasteiger partial charge in [0, 0.05) is 15.6 Å². The minimum atomic E-state index is -0.643. The monoisotopic (exact) mass is 585 g/mol. The van der Waals surface area contributed by atoms with Crippen molar-refractivity contribution in [1.29, 1.82) is 0 Å². The summed E-state index contributed by atoms with van der Waals surface area (Å²) in [5, 5.41) is 16.5. The van der Waals surface area contributed by atoms with Crippen molar-refractivity contribution >= 4 is 56.0 Å². The molecule has 0 unspecified atom stereocenters. The lowest BCUT2D eigenvalue weighted by molar-refractivity contribution is -0.117. The first-order valence-electron chi connectivity index (χ1n) is 9.90. The molecule has 8 nitrogen and oxygen atoms in total. The van der Waals surface area contributed by atoms with Gasteiger partial charge in [-0.15, -0.1) is 0 Å². The number of phenols is 1. The number of aromatic hydroxyl groups is 1. The zero-order valence-electron chi connectivity index (χ0n) is 17.4. The first-order chi connectivity index (χ1) is 16.4. The predicted octanol–water partition coefficient (Wildman–Crippen LogP) is 4.57. The van der Waals surface area contributed by atoms with E-state index < -0.39 is 11.8 Å². The Bertz CT molecular complexity index is 1310. The highest BCUT2D eigenvalue weighted by atomic mass is 79.9. The van der Waals surface area contributed by atoms with Gasteiger partial charge in [0.1, 0.15) is 11.4 Å². The van der Waals surface area contributed by atoms with Crippen LogP contribution in [0.4, 0.5) is 0 Å². The van der Waals surface area contributed by atoms with Crippen LogP contribution in [0.5, 0.6) is 17.2 Å². The van der Waals surface area contributed by atoms with E-state index >= 15 is 0 Å². The van der Waals surface area contributed by atoms with E-state index in [-0.39, 0.29) is 18.2 Å². The molecule has 0 spiro atoms. The predicted molar refractivity (Wildman–Crippen MR) is 134 cm³/mol. The third-order valence-electron chi connectivity index (χ3n) is 4.67. The second kappa shape index (κ2) is 10.5. The third-order valence-corrected chi connectivity index (χ3v) is 5.99. The highest BCUT2D eigenvalue weighted by molar-refractivity contribution is 9.11. The van der Waals surface area contributed by atoms with E-state index in [2.05, 4.69) is 47.7 Å². The zero-order chi connectivity index (χ0) is 24.1. The number of ether oxygens (including phenoxy) is 2. The van der Waals surface area contributed by atoms with Crippen LogP contribution in [0.1, 0.15) is 21.5 Å². The summed E-state index contributed by atoms with van der Waals surface area (Å²) in [6.45, 7) is 0.122. The first kappa shape index (κ1) is 23.5. The fraction of sp³-hybridized carbons (Fsp3) is 0.0417. The summed E-state index contributed by atoms with van der Waals surface area (Å²) in [6, 6.07) is 16.8. The number of nitrogens with zero attached hydrogens (tertiary/aromatic N) is 1. The van der Waals surface area contributed by atoms with E-state index in [9.17, 15) is 14.7 Å². The summed E-state index contributed by atoms with van der Waals surface area (Å²) in [6.07, 6.45) is 2.88. The van der Waals surface area contributed by atoms with Gasteiger partial charge in [-0.1, -0.05) is 40.2 Å². The van der Waals surface area contributed by atoms with Crippen molar-refractivity contribution in [2.75, 3.05) is 6.79 Å².